The van der Waals surface area contributed by atoms with Crippen LogP contribution in [-0.2, 0) is 0 Å². The van der Waals surface area contributed by atoms with Crippen molar-refractivity contribution in [1.82, 2.24) is 15.1 Å². The molecule has 2 rings (SSSR count). The van der Waals surface area contributed by atoms with Crippen LogP contribution >= 0.6 is 11.3 Å². The summed E-state index contributed by atoms with van der Waals surface area (Å²) in [7, 11) is 0. The molecule has 1 amide bonds. The minimum Gasteiger partial charge on any atom is -0.374 e. The zero-order valence-electron chi connectivity index (χ0n) is 10.1. The van der Waals surface area contributed by atoms with Crippen LogP contribution in [0.15, 0.2) is 0 Å². The highest BCUT2D eigenvalue weighted by atomic mass is 32.1. The normalized spacial score (nSPS) is 17.4. The van der Waals surface area contributed by atoms with E-state index >= 15 is 0 Å². The molecule has 0 unspecified atom stereocenters. The Bertz CT molecular complexity index is 385. The van der Waals surface area contributed by atoms with E-state index < -0.39 is 0 Å². The first-order chi connectivity index (χ1) is 8.20. The van der Waals surface area contributed by atoms with Gasteiger partial charge in [-0.05, 0) is 18.8 Å². The van der Waals surface area contributed by atoms with Gasteiger partial charge in [-0.1, -0.05) is 31.1 Å². The summed E-state index contributed by atoms with van der Waals surface area (Å²) in [4.78, 5) is 13.9. The van der Waals surface area contributed by atoms with E-state index in [4.69, 9.17) is 5.73 Å². The van der Waals surface area contributed by atoms with Gasteiger partial charge in [0.25, 0.3) is 5.91 Å². The predicted molar refractivity (Wildman–Crippen MR) is 67.9 cm³/mol. The van der Waals surface area contributed by atoms with Crippen LogP contribution < -0.4 is 5.73 Å². The second-order valence-electron chi connectivity index (χ2n) is 4.47. The molecular weight excluding hydrogens is 236 g/mol. The van der Waals surface area contributed by atoms with E-state index in [-0.39, 0.29) is 5.91 Å². The number of nitrogen functional groups attached to an aromatic ring is 1. The summed E-state index contributed by atoms with van der Waals surface area (Å²) < 4.78 is 0. The summed E-state index contributed by atoms with van der Waals surface area (Å²) in [6.45, 7) is 3.88. The Kier molecular flexibility index (Phi) is 3.93. The molecule has 17 heavy (non-hydrogen) atoms. The SMILES string of the molecule is CCCC1CCN(C(=O)c2nnc(N)s2)CC1. The maximum Gasteiger partial charge on any atom is 0.284 e. The molecule has 0 bridgehead atoms. The van der Waals surface area contributed by atoms with E-state index in [1.165, 1.54) is 12.8 Å². The molecule has 1 aliphatic heterocycles. The van der Waals surface area contributed by atoms with Crippen molar-refractivity contribution < 1.29 is 4.79 Å². The molecule has 0 aliphatic carbocycles. The van der Waals surface area contributed by atoms with Crippen LogP contribution in [0.5, 0.6) is 0 Å². The van der Waals surface area contributed by atoms with Gasteiger partial charge in [0.1, 0.15) is 0 Å². The van der Waals surface area contributed by atoms with Crippen molar-refractivity contribution in [2.45, 2.75) is 32.6 Å². The summed E-state index contributed by atoms with van der Waals surface area (Å²) in [6, 6.07) is 0. The van der Waals surface area contributed by atoms with E-state index in [0.29, 0.717) is 10.1 Å². The van der Waals surface area contributed by atoms with Gasteiger partial charge in [0, 0.05) is 13.1 Å². The second kappa shape index (κ2) is 5.44. The van der Waals surface area contributed by atoms with Gasteiger partial charge in [-0.2, -0.15) is 0 Å². The van der Waals surface area contributed by atoms with Gasteiger partial charge < -0.3 is 10.6 Å². The smallest absolute Gasteiger partial charge is 0.284 e. The van der Waals surface area contributed by atoms with Crippen LogP contribution in [0.3, 0.4) is 0 Å². The zero-order valence-corrected chi connectivity index (χ0v) is 10.9. The Labute approximate surface area is 105 Å². The molecule has 5 nitrogen and oxygen atoms in total. The number of hydrogen-bond donors (Lipinski definition) is 1. The fourth-order valence-corrected chi connectivity index (χ4v) is 2.87. The summed E-state index contributed by atoms with van der Waals surface area (Å²) in [5.74, 6) is 0.762. The Hall–Kier alpha value is -1.17. The van der Waals surface area contributed by atoms with Crippen molar-refractivity contribution in [3.8, 4) is 0 Å². The first kappa shape index (κ1) is 12.3. The van der Waals surface area contributed by atoms with E-state index in [1.807, 2.05) is 4.90 Å². The van der Waals surface area contributed by atoms with Crippen LogP contribution in [0.2, 0.25) is 0 Å². The first-order valence-electron chi connectivity index (χ1n) is 6.09. The number of nitrogens with two attached hydrogens (primary N) is 1. The number of amides is 1. The minimum atomic E-state index is -0.0193. The maximum absolute atomic E-state index is 12.1. The Morgan fingerprint density at radius 3 is 2.71 bits per heavy atom. The summed E-state index contributed by atoms with van der Waals surface area (Å²) in [5.41, 5.74) is 5.48. The Morgan fingerprint density at radius 1 is 1.47 bits per heavy atom. The van der Waals surface area contributed by atoms with Gasteiger partial charge in [0.15, 0.2) is 0 Å². The quantitative estimate of drug-likeness (QED) is 0.892. The monoisotopic (exact) mass is 254 g/mol. The third-order valence-electron chi connectivity index (χ3n) is 3.22. The lowest BCUT2D eigenvalue weighted by atomic mass is 9.92. The zero-order chi connectivity index (χ0) is 12.3. The fourth-order valence-electron chi connectivity index (χ4n) is 2.29. The van der Waals surface area contributed by atoms with Gasteiger partial charge in [0.2, 0.25) is 10.1 Å². The molecule has 94 valence electrons. The first-order valence-corrected chi connectivity index (χ1v) is 6.90. The third kappa shape index (κ3) is 2.94. The number of piperidine rings is 1. The van der Waals surface area contributed by atoms with Gasteiger partial charge in [-0.25, -0.2) is 0 Å². The van der Waals surface area contributed by atoms with Crippen molar-refractivity contribution in [3.63, 3.8) is 0 Å². The minimum absolute atomic E-state index is 0.0193. The van der Waals surface area contributed by atoms with Crippen molar-refractivity contribution in [3.05, 3.63) is 5.01 Å². The highest BCUT2D eigenvalue weighted by molar-refractivity contribution is 7.16. The molecule has 1 aromatic rings. The third-order valence-corrected chi connectivity index (χ3v) is 3.96. The van der Waals surface area contributed by atoms with Crippen molar-refractivity contribution in [1.29, 1.82) is 0 Å². The number of carbonyl (C=O) groups is 1. The molecule has 0 aromatic carbocycles. The highest BCUT2D eigenvalue weighted by Crippen LogP contribution is 2.23. The van der Waals surface area contributed by atoms with Gasteiger partial charge >= 0.3 is 0 Å². The topological polar surface area (TPSA) is 72.1 Å². The van der Waals surface area contributed by atoms with Gasteiger partial charge in [-0.15, -0.1) is 10.2 Å². The van der Waals surface area contributed by atoms with Crippen LogP contribution in [0, 0.1) is 5.92 Å². The van der Waals surface area contributed by atoms with Crippen LogP contribution in [0.25, 0.3) is 0 Å². The molecule has 6 heteroatoms. The van der Waals surface area contributed by atoms with E-state index in [0.717, 1.165) is 43.2 Å². The average molecular weight is 254 g/mol. The molecule has 1 aliphatic rings. The summed E-state index contributed by atoms with van der Waals surface area (Å²) >= 11 is 1.16. The van der Waals surface area contributed by atoms with Crippen LogP contribution in [-0.4, -0.2) is 34.1 Å². The molecule has 2 N–H and O–H groups in total. The summed E-state index contributed by atoms with van der Waals surface area (Å²) in [6.07, 6.45) is 4.71. The molecule has 1 saturated heterocycles. The highest BCUT2D eigenvalue weighted by Gasteiger charge is 2.25. The van der Waals surface area contributed by atoms with Crippen molar-refractivity contribution >= 4 is 22.4 Å². The number of likely N-dealkylation sites (tertiary alicyclic amines) is 1. The van der Waals surface area contributed by atoms with Gasteiger partial charge in [-0.3, -0.25) is 4.79 Å². The molecule has 0 spiro atoms. The fraction of sp³-hybridized carbons (Fsp3) is 0.727. The van der Waals surface area contributed by atoms with Crippen LogP contribution in [0.1, 0.15) is 42.4 Å². The lowest BCUT2D eigenvalue weighted by Crippen LogP contribution is -2.38. The lowest BCUT2D eigenvalue weighted by Gasteiger charge is -2.31. The van der Waals surface area contributed by atoms with E-state index in [9.17, 15) is 4.79 Å². The molecule has 0 radical (unpaired) electrons. The number of carbonyl (C=O) groups excluding carboxylic acids is 1. The van der Waals surface area contributed by atoms with Crippen molar-refractivity contribution in [2.75, 3.05) is 18.8 Å². The Morgan fingerprint density at radius 2 is 2.18 bits per heavy atom. The number of hydrogen-bond acceptors (Lipinski definition) is 5. The number of aromatic nitrogens is 2. The average Bonchev–Trinajstić information content (AvgIpc) is 2.76. The summed E-state index contributed by atoms with van der Waals surface area (Å²) in [5, 5.41) is 8.24. The molecule has 2 heterocycles. The van der Waals surface area contributed by atoms with E-state index in [1.54, 1.807) is 0 Å². The molecular formula is C11H18N4OS. The second-order valence-corrected chi connectivity index (χ2v) is 5.48. The molecule has 1 fully saturated rings. The van der Waals surface area contributed by atoms with Crippen LogP contribution in [0.4, 0.5) is 5.13 Å². The largest absolute Gasteiger partial charge is 0.374 e. The molecule has 1 aromatic heterocycles. The predicted octanol–water partition coefficient (Wildman–Crippen LogP) is 1.77. The number of anilines is 1. The maximum atomic E-state index is 12.1. The molecule has 0 saturated carbocycles. The van der Waals surface area contributed by atoms with E-state index in [2.05, 4.69) is 17.1 Å². The van der Waals surface area contributed by atoms with Crippen molar-refractivity contribution in [2.24, 2.45) is 5.92 Å². The lowest BCUT2D eigenvalue weighted by molar-refractivity contribution is 0.0685. The van der Waals surface area contributed by atoms with Gasteiger partial charge in [0.05, 0.1) is 0 Å². The standard InChI is InChI=1S/C11H18N4OS/c1-2-3-8-4-6-15(7-5-8)10(16)9-13-14-11(12)17-9/h8H,2-7H2,1H3,(H2,12,14). The Balaban J connectivity index is 1.90. The number of rotatable bonds is 3. The number of nitrogens with zero attached hydrogens (tertiary/aromatic N) is 3. The molecule has 0 atom stereocenters.